The highest BCUT2D eigenvalue weighted by atomic mass is 35.5. The minimum absolute atomic E-state index is 0.0852. The summed E-state index contributed by atoms with van der Waals surface area (Å²) in [6.45, 7) is 5.91. The number of nitrogens with zero attached hydrogens (tertiary/aromatic N) is 1. The zero-order valence-corrected chi connectivity index (χ0v) is 18.2. The Hall–Kier alpha value is -2.66. The number of aryl methyl sites for hydroxylation is 2. The number of carbonyl (C=O) groups excluding carboxylic acids is 3. The smallest absolute Gasteiger partial charge is 0.312 e. The zero-order valence-electron chi connectivity index (χ0n) is 17.5. The molecule has 0 aromatic heterocycles. The minimum Gasteiger partial charge on any atom is -0.454 e. The van der Waals surface area contributed by atoms with E-state index >= 15 is 0 Å². The molecule has 0 saturated carbocycles. The molecule has 1 amide bonds. The van der Waals surface area contributed by atoms with Crippen molar-refractivity contribution in [2.45, 2.75) is 46.1 Å². The van der Waals surface area contributed by atoms with Crippen molar-refractivity contribution in [1.82, 2.24) is 0 Å². The van der Waals surface area contributed by atoms with Crippen molar-refractivity contribution in [2.24, 2.45) is 5.92 Å². The van der Waals surface area contributed by atoms with Crippen LogP contribution in [0.4, 0.5) is 5.69 Å². The maximum atomic E-state index is 12.7. The lowest BCUT2D eigenvalue weighted by molar-refractivity contribution is -0.151. The van der Waals surface area contributed by atoms with E-state index in [9.17, 15) is 14.4 Å². The van der Waals surface area contributed by atoms with E-state index in [0.717, 1.165) is 29.7 Å². The summed E-state index contributed by atoms with van der Waals surface area (Å²) in [5.74, 6) is -1.50. The maximum Gasteiger partial charge on any atom is 0.312 e. The maximum absolute atomic E-state index is 12.7. The average molecular weight is 428 g/mol. The number of benzene rings is 2. The fourth-order valence-electron chi connectivity index (χ4n) is 3.82. The molecule has 1 aliphatic heterocycles. The van der Waals surface area contributed by atoms with Gasteiger partial charge in [0, 0.05) is 29.2 Å². The third kappa shape index (κ3) is 4.57. The second kappa shape index (κ2) is 9.43. The predicted octanol–water partition coefficient (Wildman–Crippen LogP) is 4.63. The number of hydrogen-bond acceptors (Lipinski definition) is 4. The third-order valence-electron chi connectivity index (χ3n) is 5.48. The van der Waals surface area contributed by atoms with E-state index in [-0.39, 0.29) is 24.7 Å². The molecule has 0 N–H and O–H groups in total. The summed E-state index contributed by atoms with van der Waals surface area (Å²) in [6, 6.07) is 12.5. The number of para-hydroxylation sites is 1. The van der Waals surface area contributed by atoms with Gasteiger partial charge in [-0.15, -0.1) is 0 Å². The summed E-state index contributed by atoms with van der Waals surface area (Å²) in [4.78, 5) is 39.7. The molecule has 0 bridgehead atoms. The van der Waals surface area contributed by atoms with Gasteiger partial charge in [-0.1, -0.05) is 43.6 Å². The van der Waals surface area contributed by atoms with E-state index in [2.05, 4.69) is 13.8 Å². The number of esters is 1. The van der Waals surface area contributed by atoms with Gasteiger partial charge >= 0.3 is 5.97 Å². The Morgan fingerprint density at radius 2 is 1.70 bits per heavy atom. The lowest BCUT2D eigenvalue weighted by atomic mass is 10.0. The first-order chi connectivity index (χ1) is 14.3. The highest BCUT2D eigenvalue weighted by Gasteiger charge is 2.38. The van der Waals surface area contributed by atoms with Gasteiger partial charge in [-0.05, 0) is 55.2 Å². The van der Waals surface area contributed by atoms with Crippen LogP contribution >= 0.6 is 11.6 Å². The van der Waals surface area contributed by atoms with Gasteiger partial charge in [0.25, 0.3) is 0 Å². The van der Waals surface area contributed by atoms with Gasteiger partial charge in [0.05, 0.1) is 5.92 Å². The first-order valence-electron chi connectivity index (χ1n) is 10.3. The molecule has 0 unspecified atom stereocenters. The summed E-state index contributed by atoms with van der Waals surface area (Å²) in [5, 5.41) is 0.527. The Labute approximate surface area is 182 Å². The number of halogens is 1. The van der Waals surface area contributed by atoms with Crippen molar-refractivity contribution in [3.05, 3.63) is 64.2 Å². The first-order valence-corrected chi connectivity index (χ1v) is 10.6. The molecule has 2 aromatic rings. The Balaban J connectivity index is 1.71. The number of hydrogen-bond donors (Lipinski definition) is 0. The van der Waals surface area contributed by atoms with E-state index in [1.54, 1.807) is 36.1 Å². The van der Waals surface area contributed by atoms with Crippen molar-refractivity contribution >= 4 is 34.9 Å². The standard InChI is InChI=1S/C24H26ClNO4/c1-4-16-7-6-8-17(5-2)22(16)26-14-19(13-21(26)27)24(29)30-15(3)23(28)18-9-11-20(25)12-10-18/h6-12,15,19H,4-5,13-14H2,1-3H3/t15-,19+/m0/s1. The van der Waals surface area contributed by atoms with E-state index in [0.29, 0.717) is 10.6 Å². The summed E-state index contributed by atoms with van der Waals surface area (Å²) in [7, 11) is 0. The molecular weight excluding hydrogens is 402 g/mol. The normalized spacial score (nSPS) is 17.1. The lowest BCUT2D eigenvalue weighted by Crippen LogP contribution is -2.31. The molecule has 1 saturated heterocycles. The quantitative estimate of drug-likeness (QED) is 0.477. The lowest BCUT2D eigenvalue weighted by Gasteiger charge is -2.23. The third-order valence-corrected chi connectivity index (χ3v) is 5.74. The Morgan fingerprint density at radius 3 is 2.27 bits per heavy atom. The number of amides is 1. The molecule has 1 aliphatic rings. The Morgan fingerprint density at radius 1 is 1.10 bits per heavy atom. The molecule has 2 atom stereocenters. The van der Waals surface area contributed by atoms with Crippen LogP contribution in [0.3, 0.4) is 0 Å². The first kappa shape index (κ1) is 22.0. The number of anilines is 1. The molecule has 0 aliphatic carbocycles. The summed E-state index contributed by atoms with van der Waals surface area (Å²) >= 11 is 5.85. The average Bonchev–Trinajstić information content (AvgIpc) is 3.14. The van der Waals surface area contributed by atoms with E-state index in [4.69, 9.17) is 16.3 Å². The monoisotopic (exact) mass is 427 g/mol. The van der Waals surface area contributed by atoms with Gasteiger partial charge in [-0.3, -0.25) is 14.4 Å². The second-order valence-corrected chi connectivity index (χ2v) is 7.92. The SMILES string of the molecule is CCc1cccc(CC)c1N1C[C@H](C(=O)O[C@@H](C)C(=O)c2ccc(Cl)cc2)CC1=O. The fourth-order valence-corrected chi connectivity index (χ4v) is 3.94. The summed E-state index contributed by atoms with van der Waals surface area (Å²) in [5.41, 5.74) is 3.51. The van der Waals surface area contributed by atoms with Gasteiger partial charge in [-0.2, -0.15) is 0 Å². The Kier molecular flexibility index (Phi) is 6.93. The van der Waals surface area contributed by atoms with Crippen LogP contribution in [-0.4, -0.2) is 30.3 Å². The molecule has 0 radical (unpaired) electrons. The predicted molar refractivity (Wildman–Crippen MR) is 117 cm³/mol. The van der Waals surface area contributed by atoms with Crippen LogP contribution in [0.2, 0.25) is 5.02 Å². The van der Waals surface area contributed by atoms with E-state index in [1.807, 2.05) is 18.2 Å². The van der Waals surface area contributed by atoms with Gasteiger partial charge in [0.2, 0.25) is 11.7 Å². The van der Waals surface area contributed by atoms with Gasteiger partial charge in [-0.25, -0.2) is 0 Å². The van der Waals surface area contributed by atoms with Crippen molar-refractivity contribution in [2.75, 3.05) is 11.4 Å². The largest absolute Gasteiger partial charge is 0.454 e. The zero-order chi connectivity index (χ0) is 21.8. The summed E-state index contributed by atoms with van der Waals surface area (Å²) in [6.07, 6.45) is 0.752. The van der Waals surface area contributed by atoms with Crippen LogP contribution in [-0.2, 0) is 27.2 Å². The number of Topliss-reactive ketones (excluding diaryl/α,β-unsaturated/α-hetero) is 1. The van der Waals surface area contributed by atoms with Crippen molar-refractivity contribution in [3.63, 3.8) is 0 Å². The molecular formula is C24H26ClNO4. The Bertz CT molecular complexity index is 932. The molecule has 6 heteroatoms. The molecule has 30 heavy (non-hydrogen) atoms. The van der Waals surface area contributed by atoms with Gasteiger partial charge < -0.3 is 9.64 Å². The molecule has 1 fully saturated rings. The molecule has 1 heterocycles. The minimum atomic E-state index is -0.933. The molecule has 0 spiro atoms. The van der Waals surface area contributed by atoms with Crippen molar-refractivity contribution in [1.29, 1.82) is 0 Å². The number of ketones is 1. The van der Waals surface area contributed by atoms with Crippen molar-refractivity contribution < 1.29 is 19.1 Å². The van der Waals surface area contributed by atoms with Crippen LogP contribution in [0.1, 0.15) is 48.7 Å². The van der Waals surface area contributed by atoms with Gasteiger partial charge in [0.15, 0.2) is 6.10 Å². The molecule has 5 nitrogen and oxygen atoms in total. The van der Waals surface area contributed by atoms with E-state index < -0.39 is 18.0 Å². The summed E-state index contributed by atoms with van der Waals surface area (Å²) < 4.78 is 5.43. The van der Waals surface area contributed by atoms with Crippen molar-refractivity contribution in [3.8, 4) is 0 Å². The molecule has 158 valence electrons. The highest BCUT2D eigenvalue weighted by Crippen LogP contribution is 2.33. The van der Waals surface area contributed by atoms with Crippen LogP contribution < -0.4 is 4.90 Å². The van der Waals surface area contributed by atoms with Crippen LogP contribution in [0.5, 0.6) is 0 Å². The number of ether oxygens (including phenoxy) is 1. The number of carbonyl (C=O) groups is 3. The topological polar surface area (TPSA) is 63.7 Å². The molecule has 3 rings (SSSR count). The van der Waals surface area contributed by atoms with Crippen LogP contribution in [0.25, 0.3) is 0 Å². The highest BCUT2D eigenvalue weighted by molar-refractivity contribution is 6.30. The fraction of sp³-hybridized carbons (Fsp3) is 0.375. The second-order valence-electron chi connectivity index (χ2n) is 7.49. The van der Waals surface area contributed by atoms with Gasteiger partial charge in [0.1, 0.15) is 0 Å². The van der Waals surface area contributed by atoms with Crippen LogP contribution in [0.15, 0.2) is 42.5 Å². The molecule has 2 aromatic carbocycles. The number of rotatable bonds is 7. The van der Waals surface area contributed by atoms with Crippen LogP contribution in [0, 0.1) is 5.92 Å². The van der Waals surface area contributed by atoms with E-state index in [1.165, 1.54) is 0 Å².